The van der Waals surface area contributed by atoms with E-state index in [1.54, 1.807) is 0 Å². The molecule has 2 rings (SSSR count). The Morgan fingerprint density at radius 2 is 1.94 bits per heavy atom. The van der Waals surface area contributed by atoms with Crippen LogP contribution >= 0.6 is 0 Å². The summed E-state index contributed by atoms with van der Waals surface area (Å²) in [6, 6.07) is 0.694. The molecule has 0 aromatic rings. The Morgan fingerprint density at radius 3 is 2.59 bits per heavy atom. The molecule has 0 spiro atoms. The summed E-state index contributed by atoms with van der Waals surface area (Å²) in [5, 5.41) is 3.18. The maximum absolute atomic E-state index is 12.3. The summed E-state index contributed by atoms with van der Waals surface area (Å²) in [4.78, 5) is 16.7. The van der Waals surface area contributed by atoms with Gasteiger partial charge >= 0.3 is 0 Å². The molecule has 1 unspecified atom stereocenters. The topological polar surface area (TPSA) is 35.6 Å². The number of hydrogen-bond acceptors (Lipinski definition) is 3. The van der Waals surface area contributed by atoms with Crippen LogP contribution in [0.15, 0.2) is 0 Å². The van der Waals surface area contributed by atoms with Gasteiger partial charge in [0.1, 0.15) is 6.04 Å². The van der Waals surface area contributed by atoms with Gasteiger partial charge in [-0.2, -0.15) is 0 Å². The molecular formula is C13H25N3O. The van der Waals surface area contributed by atoms with E-state index in [-0.39, 0.29) is 6.04 Å². The molecule has 1 aliphatic heterocycles. The molecule has 1 N–H and O–H groups in total. The average Bonchev–Trinajstić information content (AvgIpc) is 2.80. The molecule has 1 heterocycles. The Bertz CT molecular complexity index is 263. The maximum Gasteiger partial charge on any atom is 0.240 e. The predicted molar refractivity (Wildman–Crippen MR) is 68.9 cm³/mol. The van der Waals surface area contributed by atoms with E-state index in [2.05, 4.69) is 10.2 Å². The second-order valence-electron chi connectivity index (χ2n) is 5.36. The van der Waals surface area contributed by atoms with Crippen LogP contribution in [0.1, 0.15) is 32.1 Å². The number of likely N-dealkylation sites (N-methyl/N-ethyl adjacent to an activating group) is 2. The van der Waals surface area contributed by atoms with Crippen LogP contribution in [0.3, 0.4) is 0 Å². The first kappa shape index (κ1) is 12.8. The summed E-state index contributed by atoms with van der Waals surface area (Å²) < 4.78 is 0. The van der Waals surface area contributed by atoms with E-state index < -0.39 is 0 Å². The molecule has 1 amide bonds. The van der Waals surface area contributed by atoms with Crippen LogP contribution < -0.4 is 5.32 Å². The van der Waals surface area contributed by atoms with Gasteiger partial charge in [-0.3, -0.25) is 9.69 Å². The number of amides is 1. The smallest absolute Gasteiger partial charge is 0.240 e. The van der Waals surface area contributed by atoms with Crippen LogP contribution in [0.4, 0.5) is 0 Å². The fourth-order valence-electron chi connectivity index (χ4n) is 3.22. The van der Waals surface area contributed by atoms with Gasteiger partial charge in [0.25, 0.3) is 0 Å². The van der Waals surface area contributed by atoms with Crippen molar-refractivity contribution in [3.63, 3.8) is 0 Å². The molecule has 0 aromatic carbocycles. The fourth-order valence-corrected chi connectivity index (χ4v) is 3.22. The Labute approximate surface area is 104 Å². The fraction of sp³-hybridized carbons (Fsp3) is 0.923. The summed E-state index contributed by atoms with van der Waals surface area (Å²) in [5.74, 6) is 0.295. The van der Waals surface area contributed by atoms with Crippen molar-refractivity contribution < 1.29 is 4.79 Å². The Kier molecular flexibility index (Phi) is 4.40. The molecule has 17 heavy (non-hydrogen) atoms. The average molecular weight is 239 g/mol. The molecule has 2 fully saturated rings. The van der Waals surface area contributed by atoms with Crippen molar-refractivity contribution >= 4 is 5.91 Å². The Hall–Kier alpha value is -0.610. The van der Waals surface area contributed by atoms with Crippen LogP contribution in [0, 0.1) is 0 Å². The molecule has 4 heteroatoms. The van der Waals surface area contributed by atoms with Gasteiger partial charge in [-0.15, -0.1) is 0 Å². The monoisotopic (exact) mass is 239 g/mol. The molecular weight excluding hydrogens is 214 g/mol. The SMILES string of the molecule is CNCC1C(=O)N(C)CCCN1C1CCCC1. The van der Waals surface area contributed by atoms with Crippen molar-refractivity contribution in [1.82, 2.24) is 15.1 Å². The summed E-state index contributed by atoms with van der Waals surface area (Å²) in [7, 11) is 3.87. The molecule has 1 atom stereocenters. The summed E-state index contributed by atoms with van der Waals surface area (Å²) in [6.45, 7) is 2.76. The molecule has 1 aliphatic carbocycles. The lowest BCUT2D eigenvalue weighted by atomic mass is 10.1. The Morgan fingerprint density at radius 1 is 1.24 bits per heavy atom. The van der Waals surface area contributed by atoms with Crippen molar-refractivity contribution in [2.45, 2.75) is 44.2 Å². The van der Waals surface area contributed by atoms with Gasteiger partial charge in [-0.1, -0.05) is 12.8 Å². The number of carbonyl (C=O) groups excluding carboxylic acids is 1. The number of rotatable bonds is 3. The number of carbonyl (C=O) groups is 1. The first-order chi connectivity index (χ1) is 8.24. The van der Waals surface area contributed by atoms with E-state index >= 15 is 0 Å². The van der Waals surface area contributed by atoms with Crippen molar-refractivity contribution in [3.05, 3.63) is 0 Å². The lowest BCUT2D eigenvalue weighted by Gasteiger charge is -2.34. The van der Waals surface area contributed by atoms with Gasteiger partial charge in [0, 0.05) is 32.7 Å². The van der Waals surface area contributed by atoms with Crippen LogP contribution in [0.25, 0.3) is 0 Å². The minimum absolute atomic E-state index is 0.0515. The van der Waals surface area contributed by atoms with Crippen molar-refractivity contribution in [3.8, 4) is 0 Å². The van der Waals surface area contributed by atoms with E-state index in [0.717, 1.165) is 26.1 Å². The third-order valence-corrected chi connectivity index (χ3v) is 4.16. The minimum atomic E-state index is 0.0515. The van der Waals surface area contributed by atoms with Crippen LogP contribution in [0.2, 0.25) is 0 Å². The molecule has 0 radical (unpaired) electrons. The van der Waals surface area contributed by atoms with Gasteiger partial charge in [-0.05, 0) is 26.3 Å². The lowest BCUT2D eigenvalue weighted by Crippen LogP contribution is -2.52. The van der Waals surface area contributed by atoms with E-state index in [1.165, 1.54) is 25.7 Å². The van der Waals surface area contributed by atoms with Crippen LogP contribution in [-0.2, 0) is 4.79 Å². The first-order valence-corrected chi connectivity index (χ1v) is 6.89. The third-order valence-electron chi connectivity index (χ3n) is 4.16. The second kappa shape index (κ2) is 5.83. The third kappa shape index (κ3) is 2.80. The standard InChI is InChI=1S/C13H25N3O/c1-14-10-12-13(17)15(2)8-5-9-16(12)11-6-3-4-7-11/h11-12,14H,3-10H2,1-2H3. The molecule has 1 saturated carbocycles. The highest BCUT2D eigenvalue weighted by Gasteiger charge is 2.35. The summed E-state index contributed by atoms with van der Waals surface area (Å²) in [6.07, 6.45) is 6.32. The van der Waals surface area contributed by atoms with Crippen LogP contribution in [-0.4, -0.2) is 61.5 Å². The molecule has 0 aromatic heterocycles. The largest absolute Gasteiger partial charge is 0.344 e. The molecule has 0 bridgehead atoms. The summed E-state index contributed by atoms with van der Waals surface area (Å²) in [5.41, 5.74) is 0. The van der Waals surface area contributed by atoms with Gasteiger partial charge in [-0.25, -0.2) is 0 Å². The zero-order valence-corrected chi connectivity index (χ0v) is 11.1. The maximum atomic E-state index is 12.3. The zero-order valence-electron chi connectivity index (χ0n) is 11.1. The lowest BCUT2D eigenvalue weighted by molar-refractivity contribution is -0.134. The molecule has 4 nitrogen and oxygen atoms in total. The van der Waals surface area contributed by atoms with Gasteiger partial charge in [0.05, 0.1) is 0 Å². The first-order valence-electron chi connectivity index (χ1n) is 6.89. The van der Waals surface area contributed by atoms with E-state index in [1.807, 2.05) is 19.0 Å². The number of hydrogen-bond donors (Lipinski definition) is 1. The van der Waals surface area contributed by atoms with E-state index in [9.17, 15) is 4.79 Å². The quantitative estimate of drug-likeness (QED) is 0.787. The van der Waals surface area contributed by atoms with Gasteiger partial charge in [0.15, 0.2) is 0 Å². The van der Waals surface area contributed by atoms with Crippen molar-refractivity contribution in [2.24, 2.45) is 0 Å². The number of nitrogens with one attached hydrogen (secondary N) is 1. The Balaban J connectivity index is 2.11. The highest BCUT2D eigenvalue weighted by Crippen LogP contribution is 2.26. The highest BCUT2D eigenvalue weighted by molar-refractivity contribution is 5.82. The molecule has 2 aliphatic rings. The molecule has 98 valence electrons. The van der Waals surface area contributed by atoms with Crippen LogP contribution in [0.5, 0.6) is 0 Å². The minimum Gasteiger partial charge on any atom is -0.344 e. The zero-order chi connectivity index (χ0) is 12.3. The summed E-state index contributed by atoms with van der Waals surface area (Å²) >= 11 is 0. The predicted octanol–water partition coefficient (Wildman–Crippen LogP) is 0.681. The normalized spacial score (nSPS) is 28.7. The van der Waals surface area contributed by atoms with E-state index in [4.69, 9.17) is 0 Å². The molecule has 1 saturated heterocycles. The van der Waals surface area contributed by atoms with Gasteiger partial charge in [0.2, 0.25) is 5.91 Å². The highest BCUT2D eigenvalue weighted by atomic mass is 16.2. The number of nitrogens with zero attached hydrogens (tertiary/aromatic N) is 2. The van der Waals surface area contributed by atoms with Crippen molar-refractivity contribution in [2.75, 3.05) is 33.7 Å². The van der Waals surface area contributed by atoms with Crippen molar-refractivity contribution in [1.29, 1.82) is 0 Å². The van der Waals surface area contributed by atoms with Gasteiger partial charge < -0.3 is 10.2 Å². The second-order valence-corrected chi connectivity index (χ2v) is 5.36. The van der Waals surface area contributed by atoms with E-state index in [0.29, 0.717) is 11.9 Å².